The zero-order chi connectivity index (χ0) is 20.8. The summed E-state index contributed by atoms with van der Waals surface area (Å²) in [5.74, 6) is -0.779. The molecule has 0 aliphatic carbocycles. The summed E-state index contributed by atoms with van der Waals surface area (Å²) in [6, 6.07) is 12.8. The molecule has 0 unspecified atom stereocenters. The summed E-state index contributed by atoms with van der Waals surface area (Å²) in [5, 5.41) is 17.5. The highest BCUT2D eigenvalue weighted by Crippen LogP contribution is 2.24. The molecule has 1 saturated heterocycles. The first-order chi connectivity index (χ1) is 13.9. The van der Waals surface area contributed by atoms with Gasteiger partial charge < -0.3 is 19.5 Å². The molecule has 0 bridgehead atoms. The molecule has 0 saturated carbocycles. The van der Waals surface area contributed by atoms with Gasteiger partial charge in [0.2, 0.25) is 0 Å². The third-order valence-electron chi connectivity index (χ3n) is 4.35. The van der Waals surface area contributed by atoms with E-state index in [1.54, 1.807) is 41.3 Å². The van der Waals surface area contributed by atoms with Crippen LogP contribution >= 0.6 is 0 Å². The van der Waals surface area contributed by atoms with E-state index in [1.165, 1.54) is 12.1 Å². The van der Waals surface area contributed by atoms with E-state index in [9.17, 15) is 14.7 Å². The summed E-state index contributed by atoms with van der Waals surface area (Å²) >= 11 is 0. The van der Waals surface area contributed by atoms with E-state index < -0.39 is 5.97 Å². The van der Waals surface area contributed by atoms with Crippen LogP contribution in [0.1, 0.15) is 24.2 Å². The van der Waals surface area contributed by atoms with Crippen molar-refractivity contribution >= 4 is 23.3 Å². The predicted octanol–water partition coefficient (Wildman–Crippen LogP) is 3.60. The van der Waals surface area contributed by atoms with Crippen molar-refractivity contribution in [3.63, 3.8) is 0 Å². The smallest absolute Gasteiger partial charge is 0.340 e. The molecule has 0 radical (unpaired) electrons. The van der Waals surface area contributed by atoms with Gasteiger partial charge in [-0.05, 0) is 50.2 Å². The lowest BCUT2D eigenvalue weighted by Crippen LogP contribution is -2.49. The lowest BCUT2D eigenvalue weighted by molar-refractivity contribution is -0.146. The molecule has 0 aromatic heterocycles. The van der Waals surface area contributed by atoms with E-state index in [4.69, 9.17) is 9.47 Å². The van der Waals surface area contributed by atoms with Gasteiger partial charge in [-0.25, -0.2) is 4.79 Å². The van der Waals surface area contributed by atoms with Crippen molar-refractivity contribution in [3.05, 3.63) is 54.1 Å². The van der Waals surface area contributed by atoms with E-state index in [0.717, 1.165) is 0 Å². The van der Waals surface area contributed by atoms with Crippen molar-refractivity contribution < 1.29 is 24.2 Å². The zero-order valence-electron chi connectivity index (χ0n) is 16.3. The Hall–Kier alpha value is -3.26. The van der Waals surface area contributed by atoms with Crippen LogP contribution in [0.25, 0.3) is 0 Å². The Bertz CT molecular complexity index is 887. The summed E-state index contributed by atoms with van der Waals surface area (Å²) in [7, 11) is 0. The van der Waals surface area contributed by atoms with Crippen LogP contribution in [0, 0.1) is 0 Å². The van der Waals surface area contributed by atoms with Crippen LogP contribution in [0.2, 0.25) is 0 Å². The highest BCUT2D eigenvalue weighted by atomic mass is 16.5. The van der Waals surface area contributed by atoms with E-state index in [0.29, 0.717) is 24.5 Å². The predicted molar refractivity (Wildman–Crippen MR) is 106 cm³/mol. The summed E-state index contributed by atoms with van der Waals surface area (Å²) in [4.78, 5) is 26.5. The molecule has 2 aromatic carbocycles. The van der Waals surface area contributed by atoms with Gasteiger partial charge in [-0.1, -0.05) is 12.1 Å². The van der Waals surface area contributed by atoms with Crippen molar-refractivity contribution in [2.75, 3.05) is 19.7 Å². The lowest BCUT2D eigenvalue weighted by atomic mass is 10.2. The molecule has 1 aliphatic rings. The number of carbonyl (C=O) groups excluding carboxylic acids is 2. The number of amides is 1. The van der Waals surface area contributed by atoms with Crippen LogP contribution in [0.3, 0.4) is 0 Å². The fraction of sp³-hybridized carbons (Fsp3) is 0.333. The van der Waals surface area contributed by atoms with Gasteiger partial charge in [-0.2, -0.15) is 5.11 Å². The maximum Gasteiger partial charge on any atom is 0.340 e. The van der Waals surface area contributed by atoms with Crippen molar-refractivity contribution in [3.8, 4) is 5.75 Å². The molecule has 0 spiro atoms. The number of nitrogens with zero attached hydrogens (tertiary/aromatic N) is 3. The monoisotopic (exact) mass is 397 g/mol. The molecular formula is C21H23N3O5. The molecule has 29 heavy (non-hydrogen) atoms. The number of benzene rings is 2. The van der Waals surface area contributed by atoms with Crippen molar-refractivity contribution in [2.45, 2.75) is 26.1 Å². The number of morpholine rings is 1. The van der Waals surface area contributed by atoms with Gasteiger partial charge in [0.1, 0.15) is 11.4 Å². The molecule has 8 heteroatoms. The van der Waals surface area contributed by atoms with Crippen LogP contribution in [0.15, 0.2) is 58.8 Å². The maximum atomic E-state index is 12.5. The maximum absolute atomic E-state index is 12.5. The second kappa shape index (κ2) is 9.29. The molecule has 152 valence electrons. The first-order valence-corrected chi connectivity index (χ1v) is 9.32. The quantitative estimate of drug-likeness (QED) is 0.614. The Morgan fingerprint density at radius 2 is 1.72 bits per heavy atom. The average Bonchev–Trinajstić information content (AvgIpc) is 2.71. The second-order valence-electron chi connectivity index (χ2n) is 6.87. The van der Waals surface area contributed by atoms with Crippen LogP contribution in [0.5, 0.6) is 5.75 Å². The molecule has 1 fully saturated rings. The molecule has 1 aliphatic heterocycles. The Morgan fingerprint density at radius 1 is 1.07 bits per heavy atom. The van der Waals surface area contributed by atoms with E-state index in [1.807, 2.05) is 13.8 Å². The molecule has 8 nitrogen and oxygen atoms in total. The fourth-order valence-corrected chi connectivity index (χ4v) is 3.04. The average molecular weight is 397 g/mol. The fourth-order valence-electron chi connectivity index (χ4n) is 3.04. The van der Waals surface area contributed by atoms with Gasteiger partial charge in [-0.15, -0.1) is 5.11 Å². The summed E-state index contributed by atoms with van der Waals surface area (Å²) in [5.41, 5.74) is 1.06. The molecule has 1 heterocycles. The number of esters is 1. The molecule has 2 atom stereocenters. The number of rotatable bonds is 5. The van der Waals surface area contributed by atoms with E-state index in [-0.39, 0.29) is 36.0 Å². The molecular weight excluding hydrogens is 374 g/mol. The SMILES string of the molecule is C[C@H]1CN(C(=O)COC(=O)c2ccccc2N=Nc2ccc(O)cc2)C[C@H](C)O1. The third-order valence-corrected chi connectivity index (χ3v) is 4.35. The minimum absolute atomic E-state index is 0.0561. The zero-order valence-corrected chi connectivity index (χ0v) is 16.3. The van der Waals surface area contributed by atoms with Crippen LogP contribution in [-0.2, 0) is 14.3 Å². The van der Waals surface area contributed by atoms with E-state index >= 15 is 0 Å². The van der Waals surface area contributed by atoms with Gasteiger partial charge in [0.25, 0.3) is 5.91 Å². The number of carbonyl (C=O) groups is 2. The Labute approximate surface area is 168 Å². The largest absolute Gasteiger partial charge is 0.508 e. The Balaban J connectivity index is 1.64. The molecule has 1 N–H and O–H groups in total. The third kappa shape index (κ3) is 5.61. The lowest BCUT2D eigenvalue weighted by Gasteiger charge is -2.35. The number of phenols is 1. The number of ether oxygens (including phenoxy) is 2. The van der Waals surface area contributed by atoms with Gasteiger partial charge >= 0.3 is 5.97 Å². The highest BCUT2D eigenvalue weighted by Gasteiger charge is 2.26. The summed E-state index contributed by atoms with van der Waals surface area (Å²) < 4.78 is 10.8. The van der Waals surface area contributed by atoms with Gasteiger partial charge in [0.05, 0.1) is 23.5 Å². The minimum Gasteiger partial charge on any atom is -0.508 e. The molecule has 3 rings (SSSR count). The topological polar surface area (TPSA) is 101 Å². The van der Waals surface area contributed by atoms with Crippen molar-refractivity contribution in [1.82, 2.24) is 4.90 Å². The van der Waals surface area contributed by atoms with Gasteiger partial charge in [-0.3, -0.25) is 4.79 Å². The number of phenolic OH excluding ortho intramolecular Hbond substituents is 1. The van der Waals surface area contributed by atoms with Gasteiger partial charge in [0.15, 0.2) is 6.61 Å². The number of hydrogen-bond acceptors (Lipinski definition) is 7. The summed E-state index contributed by atoms with van der Waals surface area (Å²) in [6.07, 6.45) is -0.112. The molecule has 1 amide bonds. The first kappa shape index (κ1) is 20.5. The van der Waals surface area contributed by atoms with E-state index in [2.05, 4.69) is 10.2 Å². The number of hydrogen-bond donors (Lipinski definition) is 1. The summed E-state index contributed by atoms with van der Waals surface area (Å²) in [6.45, 7) is 4.40. The highest BCUT2D eigenvalue weighted by molar-refractivity contribution is 5.96. The first-order valence-electron chi connectivity index (χ1n) is 9.32. The standard InChI is InChI=1S/C21H23N3O5/c1-14-11-24(12-15(2)29-14)20(26)13-28-21(27)18-5-3-4-6-19(18)23-22-16-7-9-17(25)10-8-16/h3-10,14-15,25H,11-13H2,1-2H3/t14-,15-/m0/s1. The van der Waals surface area contributed by atoms with Crippen LogP contribution in [0.4, 0.5) is 11.4 Å². The van der Waals surface area contributed by atoms with Crippen molar-refractivity contribution in [1.29, 1.82) is 0 Å². The Morgan fingerprint density at radius 3 is 2.41 bits per heavy atom. The van der Waals surface area contributed by atoms with Crippen molar-refractivity contribution in [2.24, 2.45) is 10.2 Å². The normalized spacial score (nSPS) is 19.3. The molecule has 2 aromatic rings. The number of aromatic hydroxyl groups is 1. The Kier molecular flexibility index (Phi) is 6.56. The second-order valence-corrected chi connectivity index (χ2v) is 6.87. The number of azo groups is 1. The van der Waals surface area contributed by atoms with Gasteiger partial charge in [0, 0.05) is 13.1 Å². The minimum atomic E-state index is -0.645. The van der Waals surface area contributed by atoms with Crippen LogP contribution < -0.4 is 0 Å². The van der Waals surface area contributed by atoms with Crippen LogP contribution in [-0.4, -0.2) is 53.8 Å².